The van der Waals surface area contributed by atoms with Gasteiger partial charge in [0.05, 0.1) is 0 Å². The molecule has 1 rings (SSSR count). The Morgan fingerprint density at radius 1 is 1.16 bits per heavy atom. The fourth-order valence-corrected chi connectivity index (χ4v) is 1.68. The molecule has 1 aliphatic heterocycles. The van der Waals surface area contributed by atoms with Gasteiger partial charge >= 0.3 is 18.0 Å². The molecule has 19 heavy (non-hydrogen) atoms. The quantitative estimate of drug-likeness (QED) is 0.566. The van der Waals surface area contributed by atoms with Gasteiger partial charge in [-0.1, -0.05) is 0 Å². The molecule has 3 amide bonds. The molecule has 9 nitrogen and oxygen atoms in total. The standard InChI is InChI=1S/C10H15N3O6/c14-7-1-3-12(4-2-11-7)10(19)13(5-8(15)16)6-9(17)18/h1-6H2,(H,11,14)(H,15,16)(H,17,18). The summed E-state index contributed by atoms with van der Waals surface area (Å²) in [6.45, 7) is -0.759. The van der Waals surface area contributed by atoms with Crippen molar-refractivity contribution >= 4 is 23.9 Å². The summed E-state index contributed by atoms with van der Waals surface area (Å²) in [5, 5.41) is 19.9. The minimum Gasteiger partial charge on any atom is -0.480 e. The van der Waals surface area contributed by atoms with E-state index in [1.54, 1.807) is 0 Å². The lowest BCUT2D eigenvalue weighted by molar-refractivity contribution is -0.140. The minimum absolute atomic E-state index is 0.111. The predicted molar refractivity (Wildman–Crippen MR) is 61.4 cm³/mol. The van der Waals surface area contributed by atoms with Crippen LogP contribution in [-0.2, 0) is 14.4 Å². The van der Waals surface area contributed by atoms with E-state index in [9.17, 15) is 19.2 Å². The zero-order chi connectivity index (χ0) is 14.4. The molecule has 0 atom stereocenters. The zero-order valence-corrected chi connectivity index (χ0v) is 10.2. The fraction of sp³-hybridized carbons (Fsp3) is 0.600. The molecular weight excluding hydrogens is 258 g/mol. The van der Waals surface area contributed by atoms with E-state index in [0.29, 0.717) is 0 Å². The third-order valence-corrected chi connectivity index (χ3v) is 2.51. The highest BCUT2D eigenvalue weighted by Gasteiger charge is 2.26. The van der Waals surface area contributed by atoms with Gasteiger partial charge in [-0.3, -0.25) is 14.4 Å². The average Bonchev–Trinajstić information content (AvgIpc) is 2.51. The molecule has 0 unspecified atom stereocenters. The molecule has 0 aromatic heterocycles. The monoisotopic (exact) mass is 273 g/mol. The Balaban J connectivity index is 2.70. The van der Waals surface area contributed by atoms with Gasteiger partial charge in [0.25, 0.3) is 0 Å². The van der Waals surface area contributed by atoms with Crippen LogP contribution in [0.5, 0.6) is 0 Å². The highest BCUT2D eigenvalue weighted by molar-refractivity contribution is 5.85. The zero-order valence-electron chi connectivity index (χ0n) is 10.2. The smallest absolute Gasteiger partial charge is 0.323 e. The van der Waals surface area contributed by atoms with Crippen molar-refractivity contribution in [1.82, 2.24) is 15.1 Å². The number of urea groups is 1. The van der Waals surface area contributed by atoms with E-state index in [2.05, 4.69) is 5.32 Å². The molecule has 106 valence electrons. The normalized spacial score (nSPS) is 15.4. The van der Waals surface area contributed by atoms with Crippen molar-refractivity contribution in [2.75, 3.05) is 32.7 Å². The second-order valence-corrected chi connectivity index (χ2v) is 4.01. The second-order valence-electron chi connectivity index (χ2n) is 4.01. The summed E-state index contributed by atoms with van der Waals surface area (Å²) in [6.07, 6.45) is 0.111. The topological polar surface area (TPSA) is 127 Å². The highest BCUT2D eigenvalue weighted by Crippen LogP contribution is 2.03. The first-order chi connectivity index (χ1) is 8.90. The second kappa shape index (κ2) is 6.57. The van der Waals surface area contributed by atoms with Crippen molar-refractivity contribution < 1.29 is 29.4 Å². The first kappa shape index (κ1) is 14.7. The van der Waals surface area contributed by atoms with Crippen LogP contribution < -0.4 is 5.32 Å². The first-order valence-electron chi connectivity index (χ1n) is 5.64. The largest absolute Gasteiger partial charge is 0.480 e. The van der Waals surface area contributed by atoms with Gasteiger partial charge in [-0.25, -0.2) is 4.79 Å². The van der Waals surface area contributed by atoms with Crippen LogP contribution in [0.4, 0.5) is 4.79 Å². The predicted octanol–water partition coefficient (Wildman–Crippen LogP) is -1.60. The number of carbonyl (C=O) groups excluding carboxylic acids is 2. The van der Waals surface area contributed by atoms with Crippen LogP contribution in [0.15, 0.2) is 0 Å². The lowest BCUT2D eigenvalue weighted by Gasteiger charge is -2.27. The minimum atomic E-state index is -1.29. The van der Waals surface area contributed by atoms with Gasteiger partial charge < -0.3 is 25.3 Å². The molecule has 1 heterocycles. The van der Waals surface area contributed by atoms with E-state index >= 15 is 0 Å². The summed E-state index contributed by atoms with van der Waals surface area (Å²) in [6, 6.07) is -0.693. The highest BCUT2D eigenvalue weighted by atomic mass is 16.4. The first-order valence-corrected chi connectivity index (χ1v) is 5.64. The lowest BCUT2D eigenvalue weighted by Crippen LogP contribution is -2.48. The number of nitrogens with one attached hydrogen (secondary N) is 1. The molecule has 0 radical (unpaired) electrons. The van der Waals surface area contributed by atoms with Gasteiger partial charge in [0.2, 0.25) is 5.91 Å². The number of rotatable bonds is 4. The number of amides is 3. The molecule has 0 aromatic rings. The Hall–Kier alpha value is -2.32. The van der Waals surface area contributed by atoms with E-state index in [0.717, 1.165) is 4.90 Å². The summed E-state index contributed by atoms with van der Waals surface area (Å²) < 4.78 is 0. The molecule has 0 aromatic carbocycles. The van der Waals surface area contributed by atoms with Gasteiger partial charge in [0.1, 0.15) is 13.1 Å². The molecule has 1 saturated heterocycles. The number of hydrogen-bond donors (Lipinski definition) is 3. The van der Waals surface area contributed by atoms with Crippen molar-refractivity contribution in [2.45, 2.75) is 6.42 Å². The summed E-state index contributed by atoms with van der Waals surface area (Å²) in [5.74, 6) is -2.78. The maximum atomic E-state index is 12.0. The number of carbonyl (C=O) groups is 4. The van der Waals surface area contributed by atoms with Crippen molar-refractivity contribution in [3.63, 3.8) is 0 Å². The van der Waals surface area contributed by atoms with E-state index in [-0.39, 0.29) is 32.0 Å². The van der Waals surface area contributed by atoms with Crippen molar-refractivity contribution in [3.8, 4) is 0 Å². The van der Waals surface area contributed by atoms with E-state index in [1.165, 1.54) is 4.90 Å². The van der Waals surface area contributed by atoms with Gasteiger partial charge in [-0.2, -0.15) is 0 Å². The number of carboxylic acids is 2. The third kappa shape index (κ3) is 4.82. The molecule has 0 aliphatic carbocycles. The summed E-state index contributed by atoms with van der Waals surface area (Å²) in [4.78, 5) is 46.4. The molecular formula is C10H15N3O6. The van der Waals surface area contributed by atoms with E-state index in [1.807, 2.05) is 0 Å². The van der Waals surface area contributed by atoms with Crippen LogP contribution in [0.1, 0.15) is 6.42 Å². The van der Waals surface area contributed by atoms with Gasteiger partial charge in [0, 0.05) is 26.1 Å². The molecule has 1 fully saturated rings. The summed E-state index contributed by atoms with van der Waals surface area (Å²) in [5.41, 5.74) is 0. The van der Waals surface area contributed by atoms with Gasteiger partial charge in [-0.05, 0) is 0 Å². The van der Waals surface area contributed by atoms with E-state index in [4.69, 9.17) is 10.2 Å². The Labute approximate surface area is 108 Å². The molecule has 0 spiro atoms. The maximum Gasteiger partial charge on any atom is 0.323 e. The number of carboxylic acid groups (broad SMARTS) is 2. The van der Waals surface area contributed by atoms with Crippen LogP contribution in [0.25, 0.3) is 0 Å². The number of hydrogen-bond acceptors (Lipinski definition) is 4. The van der Waals surface area contributed by atoms with Crippen LogP contribution >= 0.6 is 0 Å². The lowest BCUT2D eigenvalue weighted by atomic mass is 10.4. The third-order valence-electron chi connectivity index (χ3n) is 2.51. The summed E-state index contributed by atoms with van der Waals surface area (Å²) in [7, 11) is 0. The molecule has 0 saturated carbocycles. The van der Waals surface area contributed by atoms with Crippen LogP contribution in [-0.4, -0.2) is 76.6 Å². The van der Waals surface area contributed by atoms with E-state index < -0.39 is 31.1 Å². The van der Waals surface area contributed by atoms with Crippen molar-refractivity contribution in [1.29, 1.82) is 0 Å². The molecule has 9 heteroatoms. The molecule has 0 bridgehead atoms. The van der Waals surface area contributed by atoms with Crippen LogP contribution in [0, 0.1) is 0 Å². The van der Waals surface area contributed by atoms with Crippen molar-refractivity contribution in [3.05, 3.63) is 0 Å². The molecule has 1 aliphatic rings. The Kier molecular flexibility index (Phi) is 5.10. The SMILES string of the molecule is O=C(O)CN(CC(=O)O)C(=O)N1CCNC(=O)CC1. The van der Waals surface area contributed by atoms with Gasteiger partial charge in [-0.15, -0.1) is 0 Å². The number of nitrogens with zero attached hydrogens (tertiary/aromatic N) is 2. The fourth-order valence-electron chi connectivity index (χ4n) is 1.68. The summed E-state index contributed by atoms with van der Waals surface area (Å²) >= 11 is 0. The van der Waals surface area contributed by atoms with Crippen LogP contribution in [0.2, 0.25) is 0 Å². The van der Waals surface area contributed by atoms with Crippen LogP contribution in [0.3, 0.4) is 0 Å². The Bertz CT molecular complexity index is 381. The Morgan fingerprint density at radius 2 is 1.74 bits per heavy atom. The Morgan fingerprint density at radius 3 is 2.26 bits per heavy atom. The van der Waals surface area contributed by atoms with Crippen molar-refractivity contribution in [2.24, 2.45) is 0 Å². The average molecular weight is 273 g/mol. The molecule has 3 N–H and O–H groups in total. The van der Waals surface area contributed by atoms with Gasteiger partial charge in [0.15, 0.2) is 0 Å². The number of aliphatic carboxylic acids is 2. The maximum absolute atomic E-state index is 12.0.